The Kier molecular flexibility index (Phi) is 6.45. The molecule has 2 nitrogen and oxygen atoms in total. The number of aromatic nitrogens is 1. The zero-order valence-electron chi connectivity index (χ0n) is 25.5. The largest absolute Gasteiger partial charge is 0.386 e. The summed E-state index contributed by atoms with van der Waals surface area (Å²) in [5, 5.41) is 6.15. The minimum absolute atomic E-state index is 0.0125. The molecule has 0 aliphatic heterocycles. The van der Waals surface area contributed by atoms with E-state index in [0.717, 1.165) is 0 Å². The first-order valence-electron chi connectivity index (χ1n) is 14.2. The van der Waals surface area contributed by atoms with Gasteiger partial charge in [-0.15, -0.1) is 0 Å². The molecule has 0 amide bonds. The summed E-state index contributed by atoms with van der Waals surface area (Å²) in [6, 6.07) is 29.6. The molecule has 5 rings (SSSR count). The predicted molar refractivity (Wildman–Crippen MR) is 172 cm³/mol. The maximum Gasteiger partial charge on any atom is 0.0696 e. The van der Waals surface area contributed by atoms with Gasteiger partial charge in [-0.25, -0.2) is 0 Å². The van der Waals surface area contributed by atoms with E-state index in [2.05, 4.69) is 151 Å². The van der Waals surface area contributed by atoms with Gasteiger partial charge in [0, 0.05) is 23.4 Å². The topological polar surface area (TPSA) is 17.0 Å². The van der Waals surface area contributed by atoms with Crippen LogP contribution in [-0.4, -0.2) is 11.6 Å². The Morgan fingerprint density at radius 3 is 1.77 bits per heavy atom. The molecule has 5 aromatic rings. The van der Waals surface area contributed by atoms with Crippen LogP contribution in [-0.2, 0) is 16.2 Å². The van der Waals surface area contributed by atoms with Crippen molar-refractivity contribution in [3.8, 4) is 16.8 Å². The third-order valence-electron chi connectivity index (χ3n) is 8.01. The molecule has 0 fully saturated rings. The predicted octanol–water partition coefficient (Wildman–Crippen LogP) is 10.4. The van der Waals surface area contributed by atoms with Crippen molar-refractivity contribution in [1.29, 1.82) is 0 Å². The number of anilines is 1. The quantitative estimate of drug-likeness (QED) is 0.252. The normalized spacial score (nSPS) is 12.9. The first kappa shape index (κ1) is 27.1. The highest BCUT2D eigenvalue weighted by Gasteiger charge is 2.25. The van der Waals surface area contributed by atoms with E-state index in [0.29, 0.717) is 0 Å². The van der Waals surface area contributed by atoms with Crippen LogP contribution in [0.2, 0.25) is 0 Å². The summed E-state index contributed by atoms with van der Waals surface area (Å²) in [6.45, 7) is 20.7. The Hall–Kier alpha value is -3.52. The molecule has 4 aromatic carbocycles. The molecule has 0 saturated carbocycles. The summed E-state index contributed by atoms with van der Waals surface area (Å²) < 4.78 is 2.49. The van der Waals surface area contributed by atoms with E-state index in [-0.39, 0.29) is 16.2 Å². The summed E-state index contributed by atoms with van der Waals surface area (Å²) in [5.41, 5.74) is 11.6. The molecule has 0 atom stereocenters. The standard InChI is InChI=1S/C37H44N2/c1-35(2,3)25-21-24(22-26(23-25)36(4,5)6)27-16-13-17-29-28-15-11-12-19-31(28)39(34(27)29)32-20-14-18-30(33(32)38-10)37(7,8)9/h11-23,38H,1-10H3. The third kappa shape index (κ3) is 4.75. The summed E-state index contributed by atoms with van der Waals surface area (Å²) in [6.07, 6.45) is 0. The van der Waals surface area contributed by atoms with Crippen molar-refractivity contribution < 1.29 is 0 Å². The SMILES string of the molecule is CNc1c(-n2c3ccccc3c3cccc(-c4cc(C(C)(C)C)cc(C(C)(C)C)c4)c32)cccc1C(C)(C)C. The van der Waals surface area contributed by atoms with Gasteiger partial charge < -0.3 is 9.88 Å². The van der Waals surface area contributed by atoms with Gasteiger partial charge >= 0.3 is 0 Å². The zero-order chi connectivity index (χ0) is 28.3. The lowest BCUT2D eigenvalue weighted by atomic mass is 9.79. The number of rotatable bonds is 3. The van der Waals surface area contributed by atoms with Gasteiger partial charge in [-0.3, -0.25) is 0 Å². The average Bonchev–Trinajstić information content (AvgIpc) is 3.21. The summed E-state index contributed by atoms with van der Waals surface area (Å²) in [4.78, 5) is 0. The van der Waals surface area contributed by atoms with Gasteiger partial charge in [-0.2, -0.15) is 0 Å². The van der Waals surface area contributed by atoms with Gasteiger partial charge in [0.1, 0.15) is 0 Å². The molecule has 0 aliphatic carbocycles. The minimum atomic E-state index is 0.0125. The second kappa shape index (κ2) is 9.30. The molecule has 2 heteroatoms. The van der Waals surface area contributed by atoms with Crippen LogP contribution >= 0.6 is 0 Å². The third-order valence-corrected chi connectivity index (χ3v) is 8.01. The Bertz CT molecular complexity index is 1650. The molecule has 202 valence electrons. The second-order valence-electron chi connectivity index (χ2n) is 14.1. The second-order valence-corrected chi connectivity index (χ2v) is 14.1. The van der Waals surface area contributed by atoms with E-state index in [4.69, 9.17) is 0 Å². The summed E-state index contributed by atoms with van der Waals surface area (Å²) in [7, 11) is 2.05. The van der Waals surface area contributed by atoms with Crippen molar-refractivity contribution in [3.63, 3.8) is 0 Å². The smallest absolute Gasteiger partial charge is 0.0696 e. The number of nitrogens with one attached hydrogen (secondary N) is 1. The van der Waals surface area contributed by atoms with Crippen LogP contribution in [0.3, 0.4) is 0 Å². The van der Waals surface area contributed by atoms with E-state index < -0.39 is 0 Å². The van der Waals surface area contributed by atoms with Gasteiger partial charge in [-0.1, -0.05) is 129 Å². The summed E-state index contributed by atoms with van der Waals surface area (Å²) >= 11 is 0. The Morgan fingerprint density at radius 1 is 0.590 bits per heavy atom. The fourth-order valence-corrected chi connectivity index (χ4v) is 5.77. The highest BCUT2D eigenvalue weighted by molar-refractivity contribution is 6.14. The number of benzene rings is 4. The van der Waals surface area contributed by atoms with E-state index in [1.165, 1.54) is 61.0 Å². The molecule has 0 saturated heterocycles. The van der Waals surface area contributed by atoms with Crippen molar-refractivity contribution >= 4 is 27.5 Å². The lowest BCUT2D eigenvalue weighted by Gasteiger charge is -2.27. The maximum absolute atomic E-state index is 3.58. The van der Waals surface area contributed by atoms with Crippen LogP contribution in [0.4, 0.5) is 5.69 Å². The molecular formula is C37H44N2. The average molecular weight is 517 g/mol. The molecule has 0 radical (unpaired) electrons. The van der Waals surface area contributed by atoms with Crippen LogP contribution in [0.15, 0.2) is 78.9 Å². The first-order chi connectivity index (χ1) is 18.2. The Labute approximate surface area is 235 Å². The van der Waals surface area contributed by atoms with Crippen LogP contribution in [0.5, 0.6) is 0 Å². The number of hydrogen-bond donors (Lipinski definition) is 1. The van der Waals surface area contributed by atoms with Crippen molar-refractivity contribution in [2.75, 3.05) is 12.4 Å². The van der Waals surface area contributed by atoms with E-state index in [1.54, 1.807) is 0 Å². The van der Waals surface area contributed by atoms with Crippen molar-refractivity contribution in [2.24, 2.45) is 0 Å². The van der Waals surface area contributed by atoms with Crippen LogP contribution in [0.25, 0.3) is 38.6 Å². The fourth-order valence-electron chi connectivity index (χ4n) is 5.77. The van der Waals surface area contributed by atoms with Crippen LogP contribution in [0, 0.1) is 0 Å². The molecule has 0 spiro atoms. The molecule has 1 heterocycles. The van der Waals surface area contributed by atoms with Crippen LogP contribution < -0.4 is 5.32 Å². The number of para-hydroxylation sites is 3. The highest BCUT2D eigenvalue weighted by atomic mass is 15.0. The molecule has 39 heavy (non-hydrogen) atoms. The van der Waals surface area contributed by atoms with Crippen LogP contribution in [0.1, 0.15) is 79.0 Å². The monoisotopic (exact) mass is 516 g/mol. The van der Waals surface area contributed by atoms with Gasteiger partial charge in [-0.05, 0) is 50.6 Å². The highest BCUT2D eigenvalue weighted by Crippen LogP contribution is 2.43. The lowest BCUT2D eigenvalue weighted by molar-refractivity contribution is 0.569. The maximum atomic E-state index is 3.58. The minimum Gasteiger partial charge on any atom is -0.386 e. The van der Waals surface area contributed by atoms with Gasteiger partial charge in [0.05, 0.1) is 22.4 Å². The number of hydrogen-bond acceptors (Lipinski definition) is 1. The molecule has 0 bridgehead atoms. The van der Waals surface area contributed by atoms with Gasteiger partial charge in [0.15, 0.2) is 0 Å². The number of fused-ring (bicyclic) bond motifs is 3. The first-order valence-corrected chi connectivity index (χ1v) is 14.2. The summed E-state index contributed by atoms with van der Waals surface area (Å²) in [5.74, 6) is 0. The molecule has 0 unspecified atom stereocenters. The van der Waals surface area contributed by atoms with Gasteiger partial charge in [0.2, 0.25) is 0 Å². The number of nitrogens with zero attached hydrogens (tertiary/aromatic N) is 1. The molecule has 0 aliphatic rings. The van der Waals surface area contributed by atoms with Gasteiger partial charge in [0.25, 0.3) is 0 Å². The van der Waals surface area contributed by atoms with E-state index in [1.807, 2.05) is 7.05 Å². The van der Waals surface area contributed by atoms with Crippen molar-refractivity contribution in [3.05, 3.63) is 95.6 Å². The Morgan fingerprint density at radius 2 is 1.18 bits per heavy atom. The van der Waals surface area contributed by atoms with Crippen molar-refractivity contribution in [1.82, 2.24) is 4.57 Å². The zero-order valence-corrected chi connectivity index (χ0v) is 25.5. The van der Waals surface area contributed by atoms with E-state index in [9.17, 15) is 0 Å². The fraction of sp³-hybridized carbons (Fsp3) is 0.351. The molecular weight excluding hydrogens is 472 g/mol. The molecule has 1 N–H and O–H groups in total. The van der Waals surface area contributed by atoms with Crippen molar-refractivity contribution in [2.45, 2.75) is 78.6 Å². The van der Waals surface area contributed by atoms with E-state index >= 15 is 0 Å². The Balaban J connectivity index is 1.95. The molecule has 1 aromatic heterocycles. The lowest BCUT2D eigenvalue weighted by Crippen LogP contribution is -2.16.